The first-order chi connectivity index (χ1) is 15.0. The van der Waals surface area contributed by atoms with Crippen LogP contribution in [0.3, 0.4) is 0 Å². The summed E-state index contributed by atoms with van der Waals surface area (Å²) >= 11 is 0. The predicted molar refractivity (Wildman–Crippen MR) is 125 cm³/mol. The number of hydrogen-bond acceptors (Lipinski definition) is 3. The van der Waals surface area contributed by atoms with Crippen molar-refractivity contribution < 1.29 is 9.53 Å². The van der Waals surface area contributed by atoms with Crippen molar-refractivity contribution in [2.45, 2.75) is 27.2 Å². The molecule has 0 radical (unpaired) electrons. The Morgan fingerprint density at radius 3 is 2.39 bits per heavy atom. The zero-order chi connectivity index (χ0) is 22.2. The van der Waals surface area contributed by atoms with Gasteiger partial charge >= 0.3 is 0 Å². The molecule has 0 aliphatic heterocycles. The molecule has 1 N–H and O–H groups in total. The van der Waals surface area contributed by atoms with Crippen LogP contribution in [-0.2, 0) is 11.2 Å². The topological polar surface area (TPSA) is 62.1 Å². The van der Waals surface area contributed by atoms with Crippen LogP contribution in [0, 0.1) is 25.2 Å². The Morgan fingerprint density at radius 1 is 1.03 bits per heavy atom. The molecule has 156 valence electrons. The van der Waals surface area contributed by atoms with Gasteiger partial charge in [-0.3, -0.25) is 4.79 Å². The summed E-state index contributed by atoms with van der Waals surface area (Å²) in [5.74, 6) is 0.321. The van der Waals surface area contributed by atoms with Gasteiger partial charge in [0.2, 0.25) is 0 Å². The van der Waals surface area contributed by atoms with Gasteiger partial charge in [-0.1, -0.05) is 59.7 Å². The number of anilines is 1. The SMILES string of the molecule is CCOc1cc(/C=C(\C#N)C(=O)Nc2ccccc2)ccc1Cc1cc(C)cc(C)c1. The molecule has 0 saturated heterocycles. The van der Waals surface area contributed by atoms with Crippen molar-refractivity contribution in [3.05, 3.63) is 100 Å². The molecule has 0 aromatic heterocycles. The lowest BCUT2D eigenvalue weighted by molar-refractivity contribution is -0.112. The summed E-state index contributed by atoms with van der Waals surface area (Å²) in [6, 6.07) is 23.4. The summed E-state index contributed by atoms with van der Waals surface area (Å²) in [7, 11) is 0. The molecule has 3 aromatic rings. The quantitative estimate of drug-likeness (QED) is 0.393. The highest BCUT2D eigenvalue weighted by Crippen LogP contribution is 2.26. The van der Waals surface area contributed by atoms with E-state index in [-0.39, 0.29) is 5.57 Å². The van der Waals surface area contributed by atoms with Crippen LogP contribution in [0.5, 0.6) is 5.75 Å². The first kappa shape index (κ1) is 21.9. The molecular formula is C27H26N2O2. The van der Waals surface area contributed by atoms with Crippen LogP contribution < -0.4 is 10.1 Å². The lowest BCUT2D eigenvalue weighted by atomic mass is 9.98. The van der Waals surface area contributed by atoms with Crippen LogP contribution in [0.1, 0.15) is 34.7 Å². The molecule has 3 rings (SSSR count). The molecule has 0 aliphatic carbocycles. The Kier molecular flexibility index (Phi) is 7.24. The van der Waals surface area contributed by atoms with E-state index in [1.54, 1.807) is 18.2 Å². The third-order valence-corrected chi connectivity index (χ3v) is 4.77. The summed E-state index contributed by atoms with van der Waals surface area (Å²) < 4.78 is 5.87. The second-order valence-corrected chi connectivity index (χ2v) is 7.46. The zero-order valence-corrected chi connectivity index (χ0v) is 18.1. The second-order valence-electron chi connectivity index (χ2n) is 7.46. The number of carbonyl (C=O) groups excluding carboxylic acids is 1. The average Bonchev–Trinajstić information content (AvgIpc) is 2.74. The van der Waals surface area contributed by atoms with Crippen molar-refractivity contribution >= 4 is 17.7 Å². The first-order valence-corrected chi connectivity index (χ1v) is 10.3. The fraction of sp³-hybridized carbons (Fsp3) is 0.185. The molecule has 0 heterocycles. The van der Waals surface area contributed by atoms with E-state index in [0.717, 1.165) is 23.3 Å². The molecule has 0 saturated carbocycles. The van der Waals surface area contributed by atoms with Crippen LogP contribution in [0.15, 0.2) is 72.3 Å². The van der Waals surface area contributed by atoms with E-state index in [0.29, 0.717) is 12.3 Å². The Labute approximate surface area is 183 Å². The minimum Gasteiger partial charge on any atom is -0.494 e. The first-order valence-electron chi connectivity index (χ1n) is 10.3. The normalized spacial score (nSPS) is 11.0. The standard InChI is InChI=1S/C27H26N2O2/c1-4-31-26-17-21(10-11-23(26)16-22-13-19(2)12-20(3)14-22)15-24(18-28)27(30)29-25-8-6-5-7-9-25/h5-15,17H,4,16H2,1-3H3,(H,29,30)/b24-15+. The highest BCUT2D eigenvalue weighted by atomic mass is 16.5. The number of nitrogens with one attached hydrogen (secondary N) is 1. The van der Waals surface area contributed by atoms with Gasteiger partial charge in [-0.05, 0) is 61.7 Å². The molecule has 0 bridgehead atoms. The number of carbonyl (C=O) groups is 1. The van der Waals surface area contributed by atoms with Gasteiger partial charge in [0.25, 0.3) is 5.91 Å². The van der Waals surface area contributed by atoms with Gasteiger partial charge in [0, 0.05) is 12.1 Å². The van der Waals surface area contributed by atoms with Crippen molar-refractivity contribution in [2.24, 2.45) is 0 Å². The average molecular weight is 411 g/mol. The van der Waals surface area contributed by atoms with Crippen molar-refractivity contribution in [1.29, 1.82) is 5.26 Å². The van der Waals surface area contributed by atoms with E-state index < -0.39 is 5.91 Å². The van der Waals surface area contributed by atoms with Crippen molar-refractivity contribution in [2.75, 3.05) is 11.9 Å². The van der Waals surface area contributed by atoms with E-state index in [4.69, 9.17) is 4.74 Å². The van der Waals surface area contributed by atoms with Gasteiger partial charge in [-0.25, -0.2) is 0 Å². The van der Waals surface area contributed by atoms with Crippen molar-refractivity contribution in [1.82, 2.24) is 0 Å². The zero-order valence-electron chi connectivity index (χ0n) is 18.1. The maximum absolute atomic E-state index is 12.5. The van der Waals surface area contributed by atoms with E-state index in [1.165, 1.54) is 16.7 Å². The van der Waals surface area contributed by atoms with Crippen LogP contribution in [0.2, 0.25) is 0 Å². The van der Waals surface area contributed by atoms with E-state index in [9.17, 15) is 10.1 Å². The van der Waals surface area contributed by atoms with Crippen LogP contribution in [0.4, 0.5) is 5.69 Å². The van der Waals surface area contributed by atoms with Gasteiger partial charge in [0.1, 0.15) is 17.4 Å². The van der Waals surface area contributed by atoms with Gasteiger partial charge in [-0.15, -0.1) is 0 Å². The number of rotatable bonds is 7. The van der Waals surface area contributed by atoms with Gasteiger partial charge < -0.3 is 10.1 Å². The molecule has 31 heavy (non-hydrogen) atoms. The number of nitriles is 1. The molecule has 1 amide bonds. The highest BCUT2D eigenvalue weighted by molar-refractivity contribution is 6.09. The number of para-hydroxylation sites is 1. The predicted octanol–water partition coefficient (Wildman–Crippen LogP) is 5.84. The maximum Gasteiger partial charge on any atom is 0.266 e. The van der Waals surface area contributed by atoms with E-state index in [2.05, 4.69) is 37.4 Å². The van der Waals surface area contributed by atoms with Gasteiger partial charge in [-0.2, -0.15) is 5.26 Å². The summed E-state index contributed by atoms with van der Waals surface area (Å²) in [4.78, 5) is 12.5. The minimum absolute atomic E-state index is 0.0355. The van der Waals surface area contributed by atoms with Crippen LogP contribution in [-0.4, -0.2) is 12.5 Å². The summed E-state index contributed by atoms with van der Waals surface area (Å²) in [5, 5.41) is 12.2. The number of benzene rings is 3. The van der Waals surface area contributed by atoms with Crippen LogP contribution in [0.25, 0.3) is 6.08 Å². The largest absolute Gasteiger partial charge is 0.494 e. The Hall–Kier alpha value is -3.84. The monoisotopic (exact) mass is 410 g/mol. The van der Waals surface area contributed by atoms with E-state index in [1.807, 2.05) is 49.4 Å². The molecule has 4 heteroatoms. The highest BCUT2D eigenvalue weighted by Gasteiger charge is 2.11. The van der Waals surface area contributed by atoms with Gasteiger partial charge in [0.15, 0.2) is 0 Å². The van der Waals surface area contributed by atoms with Crippen LogP contribution >= 0.6 is 0 Å². The Bertz CT molecular complexity index is 1120. The molecule has 3 aromatic carbocycles. The van der Waals surface area contributed by atoms with E-state index >= 15 is 0 Å². The summed E-state index contributed by atoms with van der Waals surface area (Å²) in [5.41, 5.74) is 6.18. The lowest BCUT2D eigenvalue weighted by Crippen LogP contribution is -2.13. The smallest absolute Gasteiger partial charge is 0.266 e. The number of hydrogen-bond donors (Lipinski definition) is 1. The van der Waals surface area contributed by atoms with Crippen molar-refractivity contribution in [3.63, 3.8) is 0 Å². The molecular weight excluding hydrogens is 384 g/mol. The molecule has 0 spiro atoms. The van der Waals surface area contributed by atoms with Gasteiger partial charge in [0.05, 0.1) is 6.61 Å². The molecule has 0 atom stereocenters. The second kappa shape index (κ2) is 10.3. The molecule has 0 aliphatic rings. The van der Waals surface area contributed by atoms with Crippen molar-refractivity contribution in [3.8, 4) is 11.8 Å². The number of nitrogens with zero attached hydrogens (tertiary/aromatic N) is 1. The Balaban J connectivity index is 1.86. The molecule has 4 nitrogen and oxygen atoms in total. The fourth-order valence-corrected chi connectivity index (χ4v) is 3.52. The number of amides is 1. The fourth-order valence-electron chi connectivity index (χ4n) is 3.52. The molecule has 0 unspecified atom stereocenters. The lowest BCUT2D eigenvalue weighted by Gasteiger charge is -2.13. The number of ether oxygens (including phenoxy) is 1. The summed E-state index contributed by atoms with van der Waals surface area (Å²) in [6.45, 7) is 6.67. The maximum atomic E-state index is 12.5. The number of aryl methyl sites for hydroxylation is 2. The Morgan fingerprint density at radius 2 is 1.74 bits per heavy atom. The molecule has 0 fully saturated rings. The minimum atomic E-state index is -0.439. The summed E-state index contributed by atoms with van der Waals surface area (Å²) in [6.07, 6.45) is 2.34. The third-order valence-electron chi connectivity index (χ3n) is 4.77. The third kappa shape index (κ3) is 6.07.